The molecule has 0 bridgehead atoms. The van der Waals surface area contributed by atoms with Gasteiger partial charge in [0.2, 0.25) is 9.84 Å². The molecule has 35 heavy (non-hydrogen) atoms. The maximum atomic E-state index is 14.5. The fourth-order valence-corrected chi connectivity index (χ4v) is 7.30. The van der Waals surface area contributed by atoms with Crippen LogP contribution in [0.4, 0.5) is 0 Å². The number of hydrogen-bond donors (Lipinski definition) is 0. The van der Waals surface area contributed by atoms with Gasteiger partial charge in [0.25, 0.3) is 0 Å². The van der Waals surface area contributed by atoms with Crippen LogP contribution in [0.15, 0.2) is 34.1 Å². The van der Waals surface area contributed by atoms with Crippen LogP contribution in [-0.4, -0.2) is 23.2 Å². The summed E-state index contributed by atoms with van der Waals surface area (Å²) in [6.45, 7) is 25.3. The van der Waals surface area contributed by atoms with Crippen LogP contribution in [0.5, 0.6) is 11.5 Å². The summed E-state index contributed by atoms with van der Waals surface area (Å²) in [5, 5.41) is 0. The summed E-state index contributed by atoms with van der Waals surface area (Å²) in [5.74, 6) is 2.88. The van der Waals surface area contributed by atoms with Crippen LogP contribution < -0.4 is 7.58 Å². The number of fused-ring (bicyclic) bond motifs is 2. The van der Waals surface area contributed by atoms with E-state index in [1.807, 2.05) is 17.9 Å². The first-order valence-electron chi connectivity index (χ1n) is 12.5. The Balaban J connectivity index is 2.55. The monoisotopic (exact) mass is 514 g/mol. The molecule has 192 valence electrons. The molecule has 0 atom stereocenters. The minimum atomic E-state index is -3.94. The second-order valence-electron chi connectivity index (χ2n) is 14.0. The smallest absolute Gasteiger partial charge is 0.611 e. The lowest BCUT2D eigenvalue weighted by atomic mass is 9.80. The first-order chi connectivity index (χ1) is 15.5. The zero-order valence-electron chi connectivity index (χ0n) is 23.9. The van der Waals surface area contributed by atoms with Gasteiger partial charge in [0.15, 0.2) is 0 Å². The zero-order chi connectivity index (χ0) is 26.9. The lowest BCUT2D eigenvalue weighted by molar-refractivity contribution is 0.392. The summed E-state index contributed by atoms with van der Waals surface area (Å²) in [5.41, 5.74) is 2.71. The molecular formula is C29H43AlO4S. The maximum absolute atomic E-state index is 14.5. The molecule has 2 aromatic rings. The number of sulfone groups is 1. The summed E-state index contributed by atoms with van der Waals surface area (Å²) in [6.07, 6.45) is 0. The minimum Gasteiger partial charge on any atom is -0.611 e. The van der Waals surface area contributed by atoms with Crippen molar-refractivity contribution in [2.75, 3.05) is 0 Å². The molecule has 1 aliphatic heterocycles. The molecule has 0 saturated heterocycles. The van der Waals surface area contributed by atoms with Crippen molar-refractivity contribution in [3.63, 3.8) is 0 Å². The third-order valence-corrected chi connectivity index (χ3v) is 9.50. The summed E-state index contributed by atoms with van der Waals surface area (Å²) >= 11 is -2.28. The van der Waals surface area contributed by atoms with Crippen molar-refractivity contribution in [3.8, 4) is 11.5 Å². The predicted molar refractivity (Wildman–Crippen MR) is 146 cm³/mol. The second kappa shape index (κ2) is 8.54. The van der Waals surface area contributed by atoms with Crippen LogP contribution in [0.2, 0.25) is 5.79 Å². The lowest BCUT2D eigenvalue weighted by Crippen LogP contribution is -2.33. The van der Waals surface area contributed by atoms with Crippen LogP contribution >= 0.6 is 0 Å². The fraction of sp³-hybridized carbons (Fsp3) is 0.586. The molecule has 0 unspecified atom stereocenters. The highest BCUT2D eigenvalue weighted by Crippen LogP contribution is 2.48. The Bertz CT molecular complexity index is 1160. The van der Waals surface area contributed by atoms with Gasteiger partial charge in [-0.3, -0.25) is 0 Å². The molecule has 1 aliphatic rings. The Labute approximate surface area is 218 Å². The molecule has 0 saturated carbocycles. The van der Waals surface area contributed by atoms with Crippen molar-refractivity contribution in [2.45, 2.75) is 120 Å². The lowest BCUT2D eigenvalue weighted by Gasteiger charge is -2.34. The Kier molecular flexibility index (Phi) is 6.85. The quantitative estimate of drug-likeness (QED) is 0.340. The van der Waals surface area contributed by atoms with Crippen LogP contribution in [0.25, 0.3) is 0 Å². The van der Waals surface area contributed by atoms with E-state index in [4.69, 9.17) is 7.58 Å². The van der Waals surface area contributed by atoms with Gasteiger partial charge >= 0.3 is 14.8 Å². The van der Waals surface area contributed by atoms with Crippen LogP contribution in [0.1, 0.15) is 105 Å². The average Bonchev–Trinajstić information content (AvgIpc) is 2.63. The molecular weight excluding hydrogens is 471 g/mol. The number of hydrogen-bond acceptors (Lipinski definition) is 4. The van der Waals surface area contributed by atoms with E-state index in [1.165, 1.54) is 0 Å². The van der Waals surface area contributed by atoms with E-state index in [1.54, 1.807) is 0 Å². The van der Waals surface area contributed by atoms with E-state index < -0.39 is 24.7 Å². The molecule has 0 amide bonds. The number of benzene rings is 2. The minimum absolute atomic E-state index is 0.223. The van der Waals surface area contributed by atoms with E-state index in [9.17, 15) is 8.42 Å². The molecule has 0 N–H and O–H groups in total. The Morgan fingerprint density at radius 2 is 0.886 bits per heavy atom. The van der Waals surface area contributed by atoms with Gasteiger partial charge in [0, 0.05) is 0 Å². The standard InChI is InChI=1S/C28H42O4S.CH3.Al/c1-25(2,3)17-13-19(27(7,8)9)23(29)21(15-17)33(31,32)22-16-18(26(4,5)6)14-20(24(22)30)28(10,11)12;;/h13-16,29-30H,1-12H3;1H3;/q;;+2/p-2. The predicted octanol–water partition coefficient (Wildman–Crippen LogP) is 7.60. The van der Waals surface area contributed by atoms with Crippen molar-refractivity contribution in [2.24, 2.45) is 0 Å². The summed E-state index contributed by atoms with van der Waals surface area (Å²) < 4.78 is 42.0. The van der Waals surface area contributed by atoms with Gasteiger partial charge in [0.05, 0.1) is 0 Å². The van der Waals surface area contributed by atoms with Gasteiger partial charge in [-0.1, -0.05) is 95.2 Å². The molecule has 0 fully saturated rings. The summed E-state index contributed by atoms with van der Waals surface area (Å²) in [7, 11) is -3.94. The Morgan fingerprint density at radius 1 is 0.571 bits per heavy atom. The van der Waals surface area contributed by atoms with Crippen molar-refractivity contribution in [3.05, 3.63) is 46.5 Å². The highest BCUT2D eigenvalue weighted by molar-refractivity contribution is 7.91. The Hall–Kier alpha value is -1.48. The first-order valence-corrected chi connectivity index (χ1v) is 16.1. The molecule has 0 spiro atoms. The number of rotatable bonds is 0. The van der Waals surface area contributed by atoms with Crippen LogP contribution in [0.3, 0.4) is 0 Å². The third-order valence-electron chi connectivity index (χ3n) is 6.60. The molecule has 4 nitrogen and oxygen atoms in total. The van der Waals surface area contributed by atoms with Crippen molar-refractivity contribution in [1.82, 2.24) is 0 Å². The third kappa shape index (κ3) is 5.46. The van der Waals surface area contributed by atoms with Gasteiger partial charge in [-0.25, -0.2) is 8.42 Å². The van der Waals surface area contributed by atoms with Crippen molar-refractivity contribution >= 4 is 24.7 Å². The first kappa shape index (κ1) is 28.1. The van der Waals surface area contributed by atoms with Gasteiger partial charge in [0.1, 0.15) is 21.3 Å². The highest BCUT2D eigenvalue weighted by Gasteiger charge is 2.41. The molecule has 6 heteroatoms. The van der Waals surface area contributed by atoms with Crippen LogP contribution in [0, 0.1) is 0 Å². The zero-order valence-corrected chi connectivity index (χ0v) is 25.9. The Morgan fingerprint density at radius 3 is 1.14 bits per heavy atom. The second-order valence-corrected chi connectivity index (χ2v) is 17.5. The van der Waals surface area contributed by atoms with Crippen molar-refractivity contribution < 1.29 is 16.0 Å². The molecule has 0 radical (unpaired) electrons. The normalized spacial score (nSPS) is 16.4. The van der Waals surface area contributed by atoms with E-state index in [0.717, 1.165) is 22.3 Å². The molecule has 2 aromatic carbocycles. The van der Waals surface area contributed by atoms with E-state index >= 15 is 0 Å². The van der Waals surface area contributed by atoms with Crippen molar-refractivity contribution in [1.29, 1.82) is 0 Å². The highest BCUT2D eigenvalue weighted by atomic mass is 32.2. The fourth-order valence-electron chi connectivity index (χ4n) is 4.30. The average molecular weight is 515 g/mol. The molecule has 3 rings (SSSR count). The topological polar surface area (TPSA) is 52.6 Å². The van der Waals surface area contributed by atoms with Gasteiger partial charge in [-0.2, -0.15) is 0 Å². The maximum Gasteiger partial charge on any atom is 0.853 e. The largest absolute Gasteiger partial charge is 0.853 e. The van der Waals surface area contributed by atoms with E-state index in [0.29, 0.717) is 11.5 Å². The van der Waals surface area contributed by atoms with E-state index in [2.05, 4.69) is 95.2 Å². The van der Waals surface area contributed by atoms with Gasteiger partial charge in [-0.15, -0.1) is 0 Å². The SMILES string of the molecule is [CH3][Al]1[O]c2c(C(C)(C)C)cc(C(C)(C)C)cc2S(=O)(=O)c2cc(C(C)(C)C)cc(C(C)(C)C)c2[O]1. The molecule has 0 aliphatic carbocycles. The summed E-state index contributed by atoms with van der Waals surface area (Å²) in [6, 6.07) is 7.89. The summed E-state index contributed by atoms with van der Waals surface area (Å²) in [4.78, 5) is 0.509. The van der Waals surface area contributed by atoms with E-state index in [-0.39, 0.29) is 31.5 Å². The van der Waals surface area contributed by atoms with Gasteiger partial charge < -0.3 is 7.58 Å². The van der Waals surface area contributed by atoms with Gasteiger partial charge in [-0.05, 0) is 61.8 Å². The van der Waals surface area contributed by atoms with Crippen LogP contribution in [-0.2, 0) is 31.5 Å². The molecule has 0 aromatic heterocycles. The molecule has 1 heterocycles.